The van der Waals surface area contributed by atoms with Gasteiger partial charge >= 0.3 is 0 Å². The second kappa shape index (κ2) is 7.36. The monoisotopic (exact) mass is 367 g/mol. The Hall–Kier alpha value is -3.55. The molecule has 0 fully saturated rings. The molecule has 2 amide bonds. The third-order valence-corrected chi connectivity index (χ3v) is 3.94. The van der Waals surface area contributed by atoms with Crippen molar-refractivity contribution in [3.05, 3.63) is 65.5 Å². The molecule has 7 nitrogen and oxygen atoms in total. The molecule has 0 bridgehead atoms. The zero-order valence-corrected chi connectivity index (χ0v) is 15.1. The second-order valence-electron chi connectivity index (χ2n) is 5.98. The molecule has 1 aromatic heterocycles. The van der Waals surface area contributed by atoms with Gasteiger partial charge < -0.3 is 10.6 Å². The van der Waals surface area contributed by atoms with E-state index in [-0.39, 0.29) is 17.5 Å². The maximum absolute atomic E-state index is 13.1. The second-order valence-corrected chi connectivity index (χ2v) is 5.98. The fourth-order valence-corrected chi connectivity index (χ4v) is 2.59. The molecule has 0 saturated heterocycles. The highest BCUT2D eigenvalue weighted by molar-refractivity contribution is 6.03. The predicted octanol–water partition coefficient (Wildman–Crippen LogP) is 3.23. The van der Waals surface area contributed by atoms with Crippen LogP contribution in [0.2, 0.25) is 0 Å². The summed E-state index contributed by atoms with van der Waals surface area (Å²) in [5.74, 6) is -0.556. The van der Waals surface area contributed by atoms with Gasteiger partial charge in [0.15, 0.2) is 0 Å². The third kappa shape index (κ3) is 4.00. The molecule has 0 aliphatic rings. The van der Waals surface area contributed by atoms with Crippen molar-refractivity contribution in [2.24, 2.45) is 0 Å². The van der Waals surface area contributed by atoms with Crippen LogP contribution in [0, 0.1) is 19.7 Å². The van der Waals surface area contributed by atoms with Crippen molar-refractivity contribution in [3.8, 4) is 5.69 Å². The van der Waals surface area contributed by atoms with Crippen LogP contribution >= 0.6 is 0 Å². The number of hydrogen-bond acceptors (Lipinski definition) is 4. The summed E-state index contributed by atoms with van der Waals surface area (Å²) < 4.78 is 14.6. The number of benzene rings is 2. The molecule has 3 rings (SSSR count). The Bertz CT molecular complexity index is 1010. The largest absolute Gasteiger partial charge is 0.326 e. The van der Waals surface area contributed by atoms with Crippen LogP contribution in [0.5, 0.6) is 0 Å². The van der Waals surface area contributed by atoms with Crippen molar-refractivity contribution in [3.63, 3.8) is 0 Å². The summed E-state index contributed by atoms with van der Waals surface area (Å²) in [7, 11) is 0. The first-order chi connectivity index (χ1) is 12.8. The Labute approximate surface area is 155 Å². The molecular weight excluding hydrogens is 349 g/mol. The summed E-state index contributed by atoms with van der Waals surface area (Å²) in [5, 5.41) is 9.67. The highest BCUT2D eigenvalue weighted by atomic mass is 19.1. The lowest BCUT2D eigenvalue weighted by Gasteiger charge is -2.11. The molecule has 0 unspecified atom stereocenters. The average molecular weight is 367 g/mol. The van der Waals surface area contributed by atoms with Crippen molar-refractivity contribution < 1.29 is 14.0 Å². The Kier molecular flexibility index (Phi) is 4.98. The van der Waals surface area contributed by atoms with E-state index in [1.54, 1.807) is 44.2 Å². The molecule has 138 valence electrons. The minimum Gasteiger partial charge on any atom is -0.326 e. The van der Waals surface area contributed by atoms with E-state index in [2.05, 4.69) is 20.7 Å². The maximum Gasteiger partial charge on any atom is 0.295 e. The fraction of sp³-hybridized carbons (Fsp3) is 0.158. The first-order valence-electron chi connectivity index (χ1n) is 8.23. The summed E-state index contributed by atoms with van der Waals surface area (Å²) in [6.07, 6.45) is 0. The summed E-state index contributed by atoms with van der Waals surface area (Å²) >= 11 is 0. The average Bonchev–Trinajstić information content (AvgIpc) is 3.01. The molecule has 8 heteroatoms. The molecule has 0 aliphatic heterocycles. The summed E-state index contributed by atoms with van der Waals surface area (Å²) in [6, 6.07) is 10.9. The van der Waals surface area contributed by atoms with Gasteiger partial charge in [0.25, 0.3) is 5.91 Å². The van der Waals surface area contributed by atoms with E-state index < -0.39 is 5.91 Å². The Morgan fingerprint density at radius 2 is 1.63 bits per heavy atom. The number of aromatic nitrogens is 3. The fourth-order valence-electron chi connectivity index (χ4n) is 2.59. The van der Waals surface area contributed by atoms with Gasteiger partial charge in [0.2, 0.25) is 11.7 Å². The van der Waals surface area contributed by atoms with Crippen LogP contribution in [0.15, 0.2) is 42.5 Å². The van der Waals surface area contributed by atoms with Crippen LogP contribution in [-0.2, 0) is 4.79 Å². The van der Waals surface area contributed by atoms with Gasteiger partial charge in [-0.2, -0.15) is 0 Å². The molecule has 0 spiro atoms. The molecule has 27 heavy (non-hydrogen) atoms. The number of rotatable bonds is 4. The SMILES string of the molecule is CC(=O)Nc1cccc(NC(=O)c2nc(C)n(-c3ccc(F)cc3)n2)c1C. The zero-order chi connectivity index (χ0) is 19.6. The van der Waals surface area contributed by atoms with Gasteiger partial charge in [-0.05, 0) is 55.8 Å². The van der Waals surface area contributed by atoms with Crippen molar-refractivity contribution >= 4 is 23.2 Å². The predicted molar refractivity (Wildman–Crippen MR) is 99.5 cm³/mol. The maximum atomic E-state index is 13.1. The van der Waals surface area contributed by atoms with E-state index >= 15 is 0 Å². The lowest BCUT2D eigenvalue weighted by Crippen LogP contribution is -2.16. The van der Waals surface area contributed by atoms with E-state index in [0.717, 1.165) is 5.56 Å². The first kappa shape index (κ1) is 18.2. The number of halogens is 1. The van der Waals surface area contributed by atoms with Crippen LogP contribution in [-0.4, -0.2) is 26.6 Å². The Morgan fingerprint density at radius 1 is 1.00 bits per heavy atom. The van der Waals surface area contributed by atoms with Crippen LogP contribution in [0.25, 0.3) is 5.69 Å². The summed E-state index contributed by atoms with van der Waals surface area (Å²) in [6.45, 7) is 4.91. The van der Waals surface area contributed by atoms with Crippen LogP contribution in [0.4, 0.5) is 15.8 Å². The molecule has 0 saturated carbocycles. The lowest BCUT2D eigenvalue weighted by molar-refractivity contribution is -0.114. The van der Waals surface area contributed by atoms with Gasteiger partial charge in [0.1, 0.15) is 11.6 Å². The van der Waals surface area contributed by atoms with E-state index in [9.17, 15) is 14.0 Å². The molecule has 0 radical (unpaired) electrons. The molecule has 0 atom stereocenters. The van der Waals surface area contributed by atoms with E-state index in [1.807, 2.05) is 0 Å². The normalized spacial score (nSPS) is 10.5. The Morgan fingerprint density at radius 3 is 2.26 bits per heavy atom. The van der Waals surface area contributed by atoms with Crippen molar-refractivity contribution in [2.45, 2.75) is 20.8 Å². The highest BCUT2D eigenvalue weighted by Gasteiger charge is 2.17. The topological polar surface area (TPSA) is 88.9 Å². The molecule has 2 aromatic carbocycles. The lowest BCUT2D eigenvalue weighted by atomic mass is 10.1. The molecule has 2 N–H and O–H groups in total. The standard InChI is InChI=1S/C19H18FN5O2/c1-11-16(22-13(3)26)5-4-6-17(11)23-19(27)18-21-12(2)25(24-18)15-9-7-14(20)8-10-15/h4-10H,1-3H3,(H,22,26)(H,23,27). The van der Waals surface area contributed by atoms with E-state index in [1.165, 1.54) is 23.7 Å². The summed E-state index contributed by atoms with van der Waals surface area (Å²) in [4.78, 5) is 28.0. The minimum absolute atomic E-state index is 0.0128. The molecule has 3 aromatic rings. The number of aryl methyl sites for hydroxylation is 1. The van der Waals surface area contributed by atoms with Crippen LogP contribution < -0.4 is 10.6 Å². The highest BCUT2D eigenvalue weighted by Crippen LogP contribution is 2.23. The minimum atomic E-state index is -0.484. The van der Waals surface area contributed by atoms with E-state index in [4.69, 9.17) is 0 Å². The number of anilines is 2. The van der Waals surface area contributed by atoms with Crippen molar-refractivity contribution in [1.29, 1.82) is 0 Å². The smallest absolute Gasteiger partial charge is 0.295 e. The number of amides is 2. The number of hydrogen-bond donors (Lipinski definition) is 2. The zero-order valence-electron chi connectivity index (χ0n) is 15.1. The molecular formula is C19H18FN5O2. The van der Waals surface area contributed by atoms with Gasteiger partial charge in [0.05, 0.1) is 5.69 Å². The van der Waals surface area contributed by atoms with Gasteiger partial charge in [-0.15, -0.1) is 5.10 Å². The number of carbonyl (C=O) groups excluding carboxylic acids is 2. The molecule has 1 heterocycles. The van der Waals surface area contributed by atoms with Gasteiger partial charge in [-0.25, -0.2) is 14.1 Å². The summed E-state index contributed by atoms with van der Waals surface area (Å²) in [5.41, 5.74) is 2.48. The Balaban J connectivity index is 1.84. The van der Waals surface area contributed by atoms with Gasteiger partial charge in [-0.3, -0.25) is 9.59 Å². The quantitative estimate of drug-likeness (QED) is 0.741. The van der Waals surface area contributed by atoms with Gasteiger partial charge in [-0.1, -0.05) is 6.07 Å². The molecule has 0 aliphatic carbocycles. The van der Waals surface area contributed by atoms with Crippen LogP contribution in [0.3, 0.4) is 0 Å². The third-order valence-electron chi connectivity index (χ3n) is 3.94. The van der Waals surface area contributed by atoms with Crippen LogP contribution in [0.1, 0.15) is 28.9 Å². The number of carbonyl (C=O) groups is 2. The van der Waals surface area contributed by atoms with E-state index in [0.29, 0.717) is 22.9 Å². The first-order valence-corrected chi connectivity index (χ1v) is 8.23. The van der Waals surface area contributed by atoms with Crippen molar-refractivity contribution in [2.75, 3.05) is 10.6 Å². The van der Waals surface area contributed by atoms with Crippen molar-refractivity contribution in [1.82, 2.24) is 14.8 Å². The van der Waals surface area contributed by atoms with Gasteiger partial charge in [0, 0.05) is 18.3 Å². The number of nitrogens with zero attached hydrogens (tertiary/aromatic N) is 3. The number of nitrogens with one attached hydrogen (secondary N) is 2.